The first-order chi connectivity index (χ1) is 5.22. The van der Waals surface area contributed by atoms with Gasteiger partial charge in [0.15, 0.2) is 11.6 Å². The molecule has 5 heteroatoms. The molecule has 1 radical (unpaired) electrons. The lowest BCUT2D eigenvalue weighted by Crippen LogP contribution is -1.78. The van der Waals surface area contributed by atoms with Crippen molar-refractivity contribution in [2.75, 3.05) is 0 Å². The molecule has 11 heavy (non-hydrogen) atoms. The first-order valence-corrected chi connectivity index (χ1v) is 10.5. The minimum absolute atomic E-state index is 0.0417. The smallest absolute Gasteiger partial charge is 0.280 e. The molecule has 1 rings (SSSR count). The van der Waals surface area contributed by atoms with Gasteiger partial charge in [-0.05, 0) is 6.07 Å². The standard InChI is InChI=1S/C6H3F2.2BrH.Mg/c7-5-3-1-2-4-6(5)8;;;/h1-3H;2*1H;/q;;;+2/p-2. The molecule has 0 fully saturated rings. The molecule has 0 saturated carbocycles. The van der Waals surface area contributed by atoms with E-state index in [1.807, 2.05) is 0 Å². The monoisotopic (exact) mass is 295 g/mol. The number of hydrogen-bond acceptors (Lipinski definition) is 0. The van der Waals surface area contributed by atoms with Gasteiger partial charge < -0.3 is 0 Å². The molecule has 0 spiro atoms. The summed E-state index contributed by atoms with van der Waals surface area (Å²) >= 11 is 6.44. The quantitative estimate of drug-likeness (QED) is 0.646. The molecule has 0 heterocycles. The first kappa shape index (κ1) is 11.8. The van der Waals surface area contributed by atoms with Crippen molar-refractivity contribution in [1.29, 1.82) is 0 Å². The lowest BCUT2D eigenvalue weighted by atomic mass is 10.3. The van der Waals surface area contributed by atoms with Crippen LogP contribution in [-0.4, -0.2) is 16.0 Å². The molecule has 1 aromatic rings. The van der Waals surface area contributed by atoms with Crippen molar-refractivity contribution in [2.24, 2.45) is 0 Å². The Balaban J connectivity index is 0.000000292. The summed E-state index contributed by atoms with van der Waals surface area (Å²) in [5.74, 6) is -1.78. The Hall–Kier alpha value is 0.806. The molecule has 0 N–H and O–H groups in total. The van der Waals surface area contributed by atoms with Gasteiger partial charge in [-0.3, -0.25) is 25.8 Å². The second-order valence-electron chi connectivity index (χ2n) is 1.43. The summed E-state index contributed by atoms with van der Waals surface area (Å²) in [7, 11) is 0. The number of hydrogen-bond donors (Lipinski definition) is 0. The van der Waals surface area contributed by atoms with E-state index >= 15 is 0 Å². The first-order valence-electron chi connectivity index (χ1n) is 2.66. The van der Waals surface area contributed by atoms with Gasteiger partial charge in [-0.25, -0.2) is 8.78 Å². The Morgan fingerprint density at radius 3 is 2.18 bits per heavy atom. The van der Waals surface area contributed by atoms with E-state index in [9.17, 15) is 8.78 Å². The molecule has 0 aliphatic rings. The van der Waals surface area contributed by atoms with Gasteiger partial charge in [-0.2, -0.15) is 0 Å². The van der Waals surface area contributed by atoms with E-state index in [1.165, 1.54) is 12.1 Å². The SMILES string of the molecule is Fc1[c]cccc1F.[Br][Mg][Br]. The fourth-order valence-corrected chi connectivity index (χ4v) is 0.396. The van der Waals surface area contributed by atoms with E-state index in [0.29, 0.717) is 0 Å². The van der Waals surface area contributed by atoms with Crippen molar-refractivity contribution in [1.82, 2.24) is 0 Å². The van der Waals surface area contributed by atoms with Gasteiger partial charge in [0.2, 0.25) is 0 Å². The number of rotatable bonds is 0. The summed E-state index contributed by atoms with van der Waals surface area (Å²) in [5.41, 5.74) is 0. The lowest BCUT2D eigenvalue weighted by Gasteiger charge is -1.84. The maximum absolute atomic E-state index is 11.9. The van der Waals surface area contributed by atoms with Crippen molar-refractivity contribution in [2.45, 2.75) is 0 Å². The average Bonchev–Trinajstić information content (AvgIpc) is 1.97. The Morgan fingerprint density at radius 1 is 1.36 bits per heavy atom. The largest absolute Gasteiger partial charge is 0.560 e. The zero-order valence-corrected chi connectivity index (χ0v) is 10.0. The van der Waals surface area contributed by atoms with E-state index < -0.39 is 11.6 Å². The van der Waals surface area contributed by atoms with Crippen molar-refractivity contribution in [3.8, 4) is 0 Å². The minimum Gasteiger partial charge on any atom is -0.280 e. The molecule has 0 aliphatic heterocycles. The van der Waals surface area contributed by atoms with Crippen molar-refractivity contribution >= 4 is 41.8 Å². The van der Waals surface area contributed by atoms with E-state index in [0.717, 1.165) is 6.07 Å². The fourth-order valence-electron chi connectivity index (χ4n) is 0.396. The molecule has 0 bridgehead atoms. The summed E-state index contributed by atoms with van der Waals surface area (Å²) in [6, 6.07) is 5.81. The zero-order valence-electron chi connectivity index (χ0n) is 5.45. The molecular formula is C6H3Br2F2Mg. The Bertz CT molecular complexity index is 187. The predicted molar refractivity (Wildman–Crippen MR) is 48.8 cm³/mol. The number of halogens is 4. The van der Waals surface area contributed by atoms with Gasteiger partial charge in [0.1, 0.15) is 0 Å². The van der Waals surface area contributed by atoms with Gasteiger partial charge in [0.05, 0.1) is 0 Å². The third-order valence-corrected chi connectivity index (χ3v) is 0.759. The summed E-state index contributed by atoms with van der Waals surface area (Å²) in [4.78, 5) is 0. The van der Waals surface area contributed by atoms with Gasteiger partial charge in [-0.1, -0.05) is 12.1 Å². The van der Waals surface area contributed by atoms with Crippen LogP contribution in [0.15, 0.2) is 18.2 Å². The van der Waals surface area contributed by atoms with Crippen LogP contribution in [0.5, 0.6) is 0 Å². The van der Waals surface area contributed by atoms with Crippen molar-refractivity contribution in [3.63, 3.8) is 0 Å². The van der Waals surface area contributed by atoms with Gasteiger partial charge in [0, 0.05) is 6.07 Å². The normalized spacial score (nSPS) is 7.64. The van der Waals surface area contributed by atoms with E-state index in [2.05, 4.69) is 31.8 Å². The Kier molecular flexibility index (Phi) is 8.00. The molecule has 0 aromatic heterocycles. The van der Waals surface area contributed by atoms with E-state index in [1.54, 1.807) is 0 Å². The van der Waals surface area contributed by atoms with Crippen LogP contribution in [0.1, 0.15) is 0 Å². The van der Waals surface area contributed by atoms with Crippen molar-refractivity contribution in [3.05, 3.63) is 35.9 Å². The zero-order chi connectivity index (χ0) is 8.69. The third kappa shape index (κ3) is 6.01. The summed E-state index contributed by atoms with van der Waals surface area (Å²) < 4.78 is 23.8. The molecule has 0 unspecified atom stereocenters. The summed E-state index contributed by atoms with van der Waals surface area (Å²) in [6.45, 7) is 0. The summed E-state index contributed by atoms with van der Waals surface area (Å²) in [5, 5.41) is 0. The molecular weight excluding hydrogens is 294 g/mol. The molecule has 0 amide bonds. The molecule has 0 nitrogen and oxygen atoms in total. The van der Waals surface area contributed by atoms with Crippen LogP contribution in [0.25, 0.3) is 0 Å². The Morgan fingerprint density at radius 2 is 1.91 bits per heavy atom. The second-order valence-corrected chi connectivity index (χ2v) is 9.51. The Labute approximate surface area is 85.8 Å². The van der Waals surface area contributed by atoms with Gasteiger partial charge in [0.25, 0.3) is 0 Å². The predicted octanol–water partition coefficient (Wildman–Crippen LogP) is 3.08. The molecule has 57 valence electrons. The van der Waals surface area contributed by atoms with Crippen molar-refractivity contribution < 1.29 is 8.78 Å². The maximum atomic E-state index is 11.9. The summed E-state index contributed by atoms with van der Waals surface area (Å²) in [6.07, 6.45) is 0. The molecule has 0 atom stereocenters. The lowest BCUT2D eigenvalue weighted by molar-refractivity contribution is 0.507. The fraction of sp³-hybridized carbons (Fsp3) is 0. The highest BCUT2D eigenvalue weighted by Crippen LogP contribution is 2.00. The highest BCUT2D eigenvalue weighted by molar-refractivity contribution is 9.47. The molecule has 0 saturated heterocycles. The minimum atomic E-state index is -0.924. The van der Waals surface area contributed by atoms with Crippen LogP contribution in [0.2, 0.25) is 0 Å². The van der Waals surface area contributed by atoms with Crippen LogP contribution in [0.4, 0.5) is 8.78 Å². The molecule has 1 aromatic carbocycles. The highest BCUT2D eigenvalue weighted by Gasteiger charge is 1.94. The van der Waals surface area contributed by atoms with Crippen LogP contribution in [0, 0.1) is 17.7 Å². The van der Waals surface area contributed by atoms with Crippen LogP contribution in [-0.2, 0) is 0 Å². The van der Waals surface area contributed by atoms with Crippen LogP contribution >= 0.6 is 25.8 Å². The van der Waals surface area contributed by atoms with Gasteiger partial charge >= 0.3 is 16.0 Å². The molecule has 0 aliphatic carbocycles. The van der Waals surface area contributed by atoms with E-state index in [-0.39, 0.29) is 16.0 Å². The maximum Gasteiger partial charge on any atom is 0.560 e. The average molecular weight is 297 g/mol. The van der Waals surface area contributed by atoms with E-state index in [4.69, 9.17) is 0 Å². The third-order valence-electron chi connectivity index (χ3n) is 0.759. The number of benzene rings is 1. The topological polar surface area (TPSA) is 0 Å². The highest BCUT2D eigenvalue weighted by atomic mass is 79.9. The van der Waals surface area contributed by atoms with Gasteiger partial charge in [-0.15, -0.1) is 0 Å². The van der Waals surface area contributed by atoms with Crippen LogP contribution < -0.4 is 0 Å². The second kappa shape index (κ2) is 7.46. The van der Waals surface area contributed by atoms with Crippen LogP contribution in [0.3, 0.4) is 0 Å².